The van der Waals surface area contributed by atoms with Gasteiger partial charge in [-0.15, -0.1) is 90.7 Å². The van der Waals surface area contributed by atoms with Crippen LogP contribution >= 0.6 is 90.7 Å². The summed E-state index contributed by atoms with van der Waals surface area (Å²) in [4.78, 5) is 52.2. The monoisotopic (exact) mass is 1400 g/mol. The van der Waals surface area contributed by atoms with E-state index in [4.69, 9.17) is 29.9 Å². The van der Waals surface area contributed by atoms with E-state index >= 15 is 0 Å². The van der Waals surface area contributed by atoms with Crippen LogP contribution in [0.5, 0.6) is 0 Å². The molecule has 16 heteroatoms. The Morgan fingerprint density at radius 3 is 0.854 bits per heavy atom. The maximum Gasteiger partial charge on any atom is 0.164 e. The predicted molar refractivity (Wildman–Crippen MR) is 422 cm³/mol. The highest BCUT2D eigenvalue weighted by Gasteiger charge is 2.27. The molecule has 8 bridgehead atoms. The van der Waals surface area contributed by atoms with Crippen molar-refractivity contribution in [3.05, 3.63) is 141 Å². The molecular weight excluding hydrogens is 1330 g/mol. The summed E-state index contributed by atoms with van der Waals surface area (Å²) in [5, 5.41) is 17.8. The van der Waals surface area contributed by atoms with Crippen molar-refractivity contribution in [1.29, 1.82) is 0 Å². The van der Waals surface area contributed by atoms with Crippen LogP contribution in [0.1, 0.15) is 153 Å². The van der Waals surface area contributed by atoms with Gasteiger partial charge in [-0.1, -0.05) is 105 Å². The average Bonchev–Trinajstić information content (AvgIpc) is 1.59. The first-order valence-electron chi connectivity index (χ1n) is 34.7. The lowest BCUT2D eigenvalue weighted by Gasteiger charge is -2.01. The molecule has 0 fully saturated rings. The van der Waals surface area contributed by atoms with Gasteiger partial charge in [-0.3, -0.25) is 0 Å². The minimum atomic E-state index is 0.614. The van der Waals surface area contributed by atoms with E-state index in [9.17, 15) is 0 Å². The van der Waals surface area contributed by atoms with Crippen molar-refractivity contribution in [2.75, 3.05) is 0 Å². The Balaban J connectivity index is 0.897. The van der Waals surface area contributed by atoms with Gasteiger partial charge in [0.25, 0.3) is 0 Å². The van der Waals surface area contributed by atoms with Crippen molar-refractivity contribution in [3.8, 4) is 84.6 Å². The Morgan fingerprint density at radius 2 is 0.552 bits per heavy atom. The van der Waals surface area contributed by atoms with Gasteiger partial charge in [0.05, 0.1) is 0 Å². The molecule has 4 aromatic carbocycles. The summed E-state index contributed by atoms with van der Waals surface area (Å²) in [6.45, 7) is 9.15. The first-order chi connectivity index (χ1) is 47.3. The molecule has 0 atom stereocenters. The van der Waals surface area contributed by atoms with Crippen LogP contribution in [0, 0.1) is 0 Å². The number of nitrogens with one attached hydrogen (secondary N) is 2. The van der Waals surface area contributed by atoms with Gasteiger partial charge >= 0.3 is 0 Å². The lowest BCUT2D eigenvalue weighted by molar-refractivity contribution is 0.668. The SMILES string of the molecule is CCCCCCc1ccsc1-c1cc2cc3c(cc2s1)-c1nc-3nc2[nH]c(nc3nc(nc4[nH]c(n1)c1cc5cc(-c6sccc6CCCCCC)sc5cc41)-c1cc4cc(-c5sccc5CCCCCC)sc4cc1-3)c1cc3cc(-c4sccc4CCCCCC)sc3cc21. The van der Waals surface area contributed by atoms with Crippen LogP contribution < -0.4 is 0 Å². The van der Waals surface area contributed by atoms with E-state index in [1.165, 1.54) is 204 Å². The Kier molecular flexibility index (Phi) is 17.5. The number of aryl methyl sites for hydroxylation is 4. The fourth-order valence-corrected chi connectivity index (χ4v) is 23.1. The maximum absolute atomic E-state index is 5.69. The molecule has 8 nitrogen and oxygen atoms in total. The van der Waals surface area contributed by atoms with Gasteiger partial charge in [0.1, 0.15) is 22.6 Å². The van der Waals surface area contributed by atoms with E-state index in [2.05, 4.69) is 156 Å². The third-order valence-corrected chi connectivity index (χ3v) is 28.4. The van der Waals surface area contributed by atoms with E-state index in [0.29, 0.717) is 45.9 Å². The summed E-state index contributed by atoms with van der Waals surface area (Å²) in [6, 6.07) is 37.6. The second-order valence-corrected chi connectivity index (χ2v) is 34.1. The van der Waals surface area contributed by atoms with Gasteiger partial charge in [-0.05, 0) is 214 Å². The smallest absolute Gasteiger partial charge is 0.164 e. The second-order valence-electron chi connectivity index (χ2n) is 26.1. The zero-order valence-corrected chi connectivity index (χ0v) is 61.2. The van der Waals surface area contributed by atoms with Gasteiger partial charge in [-0.2, -0.15) is 0 Å². The van der Waals surface area contributed by atoms with Gasteiger partial charge in [0.2, 0.25) is 0 Å². The standard InChI is InChI=1S/C80H74N8S8/c1-5-9-13-17-21-45-25-29-89-69(45)65-37-49-33-53-57(41-61(49)93-65)77-81-73(53)85-78-58-42-62-51(39-67(94-62)71-47(27-31-91-71)23-19-15-11-7-3)35-55(58)75(83-78)87-80-60-44-64-52(40-68(96-64)72-48(28-32-92-72)24-20-16-12-8-4)36-56(60)76(84-80)88-79-59-43-63-50(34-54(59)74(82-79)86-77)38-66(95-63)70-46(26-30-90-70)22-18-14-10-6-2/h25-44H,5-24H2,1-4H3,(H2,81,82,83,84,85,86,87,88). The van der Waals surface area contributed by atoms with Gasteiger partial charge in [-0.25, -0.2) is 29.9 Å². The fraction of sp³-hybridized carbons (Fsp3) is 0.300. The number of unbranched alkanes of at least 4 members (excludes halogenated alkanes) is 12. The molecule has 2 N–H and O–H groups in total. The number of aromatic nitrogens is 8. The number of nitrogens with zero attached hydrogens (tertiary/aromatic N) is 6. The van der Waals surface area contributed by atoms with E-state index in [-0.39, 0.29) is 0 Å². The summed E-state index contributed by atoms with van der Waals surface area (Å²) in [5.74, 6) is 2.46. The lowest BCUT2D eigenvalue weighted by Crippen LogP contribution is -1.85. The molecule has 96 heavy (non-hydrogen) atoms. The summed E-state index contributed by atoms with van der Waals surface area (Å²) in [5.41, 5.74) is 12.4. The number of hydrogen-bond donors (Lipinski definition) is 2. The molecule has 17 rings (SSSR count). The van der Waals surface area contributed by atoms with Crippen molar-refractivity contribution >= 4 is 175 Å². The van der Waals surface area contributed by atoms with Crippen LogP contribution in [0.2, 0.25) is 0 Å². The Morgan fingerprint density at radius 1 is 0.281 bits per heavy atom. The van der Waals surface area contributed by atoms with E-state index < -0.39 is 0 Å². The minimum Gasteiger partial charge on any atom is -0.324 e. The molecule has 13 heterocycles. The number of benzene rings is 4. The average molecular weight is 1400 g/mol. The molecule has 0 saturated heterocycles. The molecular formula is C80H74N8S8. The first kappa shape index (κ1) is 62.4. The summed E-state index contributed by atoms with van der Waals surface area (Å²) >= 11 is 14.9. The number of rotatable bonds is 24. The normalized spacial score (nSPS) is 12.4. The number of H-pyrrole nitrogens is 2. The highest BCUT2D eigenvalue weighted by Crippen LogP contribution is 2.49. The molecule has 0 saturated carbocycles. The zero-order chi connectivity index (χ0) is 64.4. The van der Waals surface area contributed by atoms with Crippen LogP contribution in [0.3, 0.4) is 0 Å². The fourth-order valence-electron chi connectivity index (χ4n) is 14.3. The molecule has 15 aromatic rings. The first-order valence-corrected chi connectivity index (χ1v) is 41.5. The topological polar surface area (TPSA) is 109 Å². The van der Waals surface area contributed by atoms with Crippen LogP contribution in [-0.4, -0.2) is 39.9 Å². The highest BCUT2D eigenvalue weighted by molar-refractivity contribution is 7.27. The van der Waals surface area contributed by atoms with Crippen molar-refractivity contribution in [3.63, 3.8) is 0 Å². The molecule has 0 spiro atoms. The quantitative estimate of drug-likeness (QED) is 0.0584. The summed E-state index contributed by atoms with van der Waals surface area (Å²) in [6.07, 6.45) is 24.3. The number of aromatic amines is 2. The summed E-state index contributed by atoms with van der Waals surface area (Å²) < 4.78 is 4.82. The Bertz CT molecular complexity index is 5040. The van der Waals surface area contributed by atoms with Crippen LogP contribution in [-0.2, 0) is 25.7 Å². The van der Waals surface area contributed by atoms with E-state index in [1.807, 2.05) is 90.7 Å². The molecule has 2 aliphatic rings. The Labute approximate surface area is 591 Å². The largest absolute Gasteiger partial charge is 0.324 e. The second kappa shape index (κ2) is 27.0. The maximum atomic E-state index is 5.69. The lowest BCUT2D eigenvalue weighted by atomic mass is 10.0. The molecule has 0 unspecified atom stereocenters. The molecule has 0 amide bonds. The molecule has 0 radical (unpaired) electrons. The minimum absolute atomic E-state index is 0.614. The van der Waals surface area contributed by atoms with Crippen LogP contribution in [0.25, 0.3) is 169 Å². The van der Waals surface area contributed by atoms with Gasteiger partial charge < -0.3 is 9.97 Å². The summed E-state index contributed by atoms with van der Waals surface area (Å²) in [7, 11) is 0. The van der Waals surface area contributed by atoms with Crippen molar-refractivity contribution in [2.45, 2.75) is 156 Å². The molecule has 482 valence electrons. The molecule has 2 aliphatic heterocycles. The third-order valence-electron chi connectivity index (χ3n) is 19.5. The van der Waals surface area contributed by atoms with E-state index in [1.54, 1.807) is 0 Å². The Hall–Kier alpha value is -7.12. The molecule has 11 aromatic heterocycles. The van der Waals surface area contributed by atoms with Gasteiger partial charge in [0.15, 0.2) is 23.3 Å². The predicted octanol–water partition coefficient (Wildman–Crippen LogP) is 27.1. The number of hydrogen-bond acceptors (Lipinski definition) is 14. The van der Waals surface area contributed by atoms with E-state index in [0.717, 1.165) is 69.5 Å². The van der Waals surface area contributed by atoms with Crippen molar-refractivity contribution in [1.82, 2.24) is 39.9 Å². The highest BCUT2D eigenvalue weighted by atomic mass is 32.1. The van der Waals surface area contributed by atoms with Crippen molar-refractivity contribution < 1.29 is 0 Å². The molecule has 0 aliphatic carbocycles. The number of thiophene rings is 8. The van der Waals surface area contributed by atoms with Crippen molar-refractivity contribution in [2.24, 2.45) is 0 Å². The van der Waals surface area contributed by atoms with Gasteiger partial charge in [0, 0.05) is 102 Å². The van der Waals surface area contributed by atoms with Crippen LogP contribution in [0.15, 0.2) is 119 Å². The van der Waals surface area contributed by atoms with Crippen LogP contribution in [0.4, 0.5) is 0 Å². The zero-order valence-electron chi connectivity index (χ0n) is 54.6. The number of fused-ring (bicyclic) bond motifs is 24. The third kappa shape index (κ3) is 11.8.